The first-order valence-corrected chi connectivity index (χ1v) is 11.1. The summed E-state index contributed by atoms with van der Waals surface area (Å²) in [6.45, 7) is 5.46. The molecule has 1 atom stereocenters. The van der Waals surface area contributed by atoms with Gasteiger partial charge in [-0.25, -0.2) is 4.39 Å². The largest absolute Gasteiger partial charge is 0.416 e. The van der Waals surface area contributed by atoms with Gasteiger partial charge in [-0.15, -0.1) is 0 Å². The van der Waals surface area contributed by atoms with Gasteiger partial charge in [0.25, 0.3) is 0 Å². The first-order chi connectivity index (χ1) is 16.6. The third-order valence-electron chi connectivity index (χ3n) is 5.58. The minimum Gasteiger partial charge on any atom is -0.384 e. The molecule has 1 heterocycles. The maximum absolute atomic E-state index is 13.8. The Labute approximate surface area is 208 Å². The number of hydrogen-bond acceptors (Lipinski definition) is 3. The molecule has 192 valence electrons. The first kappa shape index (κ1) is 27.4. The van der Waals surface area contributed by atoms with Crippen molar-refractivity contribution in [2.24, 2.45) is 5.92 Å². The van der Waals surface area contributed by atoms with Crippen LogP contribution in [0.1, 0.15) is 41.7 Å². The van der Waals surface area contributed by atoms with Gasteiger partial charge in [0.05, 0.1) is 16.8 Å². The van der Waals surface area contributed by atoms with E-state index in [4.69, 9.17) is 11.6 Å². The maximum atomic E-state index is 13.8. The maximum Gasteiger partial charge on any atom is 0.416 e. The van der Waals surface area contributed by atoms with Gasteiger partial charge in [0.1, 0.15) is 17.0 Å². The SMILES string of the molecule is Cc1cc(F)ccc1C1=C(NCC(C)C)C(C#N)(c2cc(C(F)(F)F)cc(C(F)(F)F)c2)NC(Cl)=C1. The van der Waals surface area contributed by atoms with E-state index in [2.05, 4.69) is 10.6 Å². The zero-order chi connectivity index (χ0) is 27.1. The second kappa shape index (κ2) is 9.69. The Balaban J connectivity index is 2.42. The molecule has 2 aromatic rings. The Morgan fingerprint density at radius 2 is 1.61 bits per heavy atom. The van der Waals surface area contributed by atoms with Crippen molar-refractivity contribution in [3.05, 3.63) is 87.0 Å². The molecule has 0 radical (unpaired) electrons. The number of nitrogens with zero attached hydrogens (tertiary/aromatic N) is 1. The fourth-order valence-electron chi connectivity index (χ4n) is 3.89. The zero-order valence-corrected chi connectivity index (χ0v) is 20.1. The number of allylic oxidation sites excluding steroid dienone is 2. The lowest BCUT2D eigenvalue weighted by atomic mass is 9.80. The van der Waals surface area contributed by atoms with Crippen LogP contribution in [0.4, 0.5) is 30.7 Å². The van der Waals surface area contributed by atoms with E-state index in [1.165, 1.54) is 18.2 Å². The summed E-state index contributed by atoms with van der Waals surface area (Å²) in [6.07, 6.45) is -8.85. The van der Waals surface area contributed by atoms with Crippen LogP contribution in [-0.4, -0.2) is 6.54 Å². The molecule has 11 heteroatoms. The number of halogens is 8. The molecule has 2 N–H and O–H groups in total. The smallest absolute Gasteiger partial charge is 0.384 e. The summed E-state index contributed by atoms with van der Waals surface area (Å²) in [6, 6.07) is 6.61. The predicted molar refractivity (Wildman–Crippen MR) is 122 cm³/mol. The molecule has 36 heavy (non-hydrogen) atoms. The van der Waals surface area contributed by atoms with E-state index in [0.717, 1.165) is 6.07 Å². The third-order valence-corrected chi connectivity index (χ3v) is 5.78. The molecule has 0 fully saturated rings. The van der Waals surface area contributed by atoms with Gasteiger partial charge in [0.2, 0.25) is 0 Å². The van der Waals surface area contributed by atoms with Crippen molar-refractivity contribution in [3.8, 4) is 6.07 Å². The normalized spacial score (nSPS) is 18.6. The van der Waals surface area contributed by atoms with Crippen molar-refractivity contribution in [1.29, 1.82) is 5.26 Å². The van der Waals surface area contributed by atoms with E-state index in [9.17, 15) is 36.0 Å². The van der Waals surface area contributed by atoms with Crippen LogP contribution in [0.2, 0.25) is 0 Å². The molecule has 0 aliphatic carbocycles. The van der Waals surface area contributed by atoms with E-state index >= 15 is 0 Å². The van der Waals surface area contributed by atoms with Crippen molar-refractivity contribution in [2.75, 3.05) is 6.54 Å². The lowest BCUT2D eigenvalue weighted by molar-refractivity contribution is -0.143. The molecule has 1 aliphatic rings. The lowest BCUT2D eigenvalue weighted by Gasteiger charge is -2.38. The number of benzene rings is 2. The second-order valence-corrected chi connectivity index (χ2v) is 9.20. The average molecular weight is 532 g/mol. The molecular weight excluding hydrogens is 511 g/mol. The van der Waals surface area contributed by atoms with E-state index in [1.54, 1.807) is 6.92 Å². The molecule has 0 bridgehead atoms. The van der Waals surface area contributed by atoms with Gasteiger partial charge in [-0.2, -0.15) is 31.6 Å². The Bertz CT molecular complexity index is 1240. The van der Waals surface area contributed by atoms with Crippen LogP contribution >= 0.6 is 11.6 Å². The van der Waals surface area contributed by atoms with Crippen LogP contribution < -0.4 is 10.6 Å². The minimum atomic E-state index is -5.12. The molecule has 1 unspecified atom stereocenters. The summed E-state index contributed by atoms with van der Waals surface area (Å²) in [5, 5.41) is 15.7. The van der Waals surface area contributed by atoms with E-state index < -0.39 is 40.4 Å². The highest BCUT2D eigenvalue weighted by Gasteiger charge is 2.45. The summed E-state index contributed by atoms with van der Waals surface area (Å²) in [5.74, 6) is -0.560. The quantitative estimate of drug-likeness (QED) is 0.316. The highest BCUT2D eigenvalue weighted by atomic mass is 35.5. The Kier molecular flexibility index (Phi) is 7.38. The Hall–Kier alpha value is -3.19. The van der Waals surface area contributed by atoms with Crippen molar-refractivity contribution in [3.63, 3.8) is 0 Å². The average Bonchev–Trinajstić information content (AvgIpc) is 2.76. The van der Waals surface area contributed by atoms with Crippen molar-refractivity contribution in [2.45, 2.75) is 38.7 Å². The van der Waals surface area contributed by atoms with E-state index in [0.29, 0.717) is 23.3 Å². The van der Waals surface area contributed by atoms with Crippen LogP contribution in [0.5, 0.6) is 0 Å². The number of nitrogens with one attached hydrogen (secondary N) is 2. The van der Waals surface area contributed by atoms with Gasteiger partial charge in [0, 0.05) is 12.1 Å². The fourth-order valence-corrected chi connectivity index (χ4v) is 4.14. The summed E-state index contributed by atoms with van der Waals surface area (Å²) >= 11 is 6.26. The van der Waals surface area contributed by atoms with Crippen LogP contribution in [0.3, 0.4) is 0 Å². The number of alkyl halides is 6. The van der Waals surface area contributed by atoms with Crippen LogP contribution in [0.15, 0.2) is 53.3 Å². The summed E-state index contributed by atoms with van der Waals surface area (Å²) < 4.78 is 95.5. The minimum absolute atomic E-state index is 0.00902. The van der Waals surface area contributed by atoms with E-state index in [1.807, 2.05) is 19.9 Å². The molecule has 0 saturated carbocycles. The standard InChI is InChI=1S/C25H21ClF7N3/c1-13(2)11-35-22-20(19-5-4-18(27)6-14(19)3)10-21(26)36-23(22,12-34)15-7-16(24(28,29)30)9-17(8-15)25(31,32)33/h4-10,13,35-36H,11H2,1-3H3. The third kappa shape index (κ3) is 5.46. The van der Waals surface area contributed by atoms with Crippen LogP contribution in [0.25, 0.3) is 5.57 Å². The molecule has 0 amide bonds. The second-order valence-electron chi connectivity index (χ2n) is 8.80. The number of hydrogen-bond donors (Lipinski definition) is 2. The van der Waals surface area contributed by atoms with Crippen LogP contribution in [-0.2, 0) is 17.9 Å². The zero-order valence-electron chi connectivity index (χ0n) is 19.3. The van der Waals surface area contributed by atoms with Gasteiger partial charge in [-0.1, -0.05) is 31.5 Å². The van der Waals surface area contributed by atoms with Gasteiger partial charge in [-0.05, 0) is 65.9 Å². The fraction of sp³-hybridized carbons (Fsp3) is 0.320. The topological polar surface area (TPSA) is 47.9 Å². The number of aryl methyl sites for hydroxylation is 1. The summed E-state index contributed by atoms with van der Waals surface area (Å²) in [5.41, 5.74) is -4.97. The predicted octanol–water partition coefficient (Wildman–Crippen LogP) is 7.23. The molecule has 0 spiro atoms. The van der Waals surface area contributed by atoms with Gasteiger partial charge < -0.3 is 10.6 Å². The number of dihydropyridines is 1. The van der Waals surface area contributed by atoms with Crippen molar-refractivity contribution < 1.29 is 30.7 Å². The monoisotopic (exact) mass is 531 g/mol. The highest BCUT2D eigenvalue weighted by molar-refractivity contribution is 6.30. The van der Waals surface area contributed by atoms with Gasteiger partial charge in [0.15, 0.2) is 5.54 Å². The molecule has 3 nitrogen and oxygen atoms in total. The molecular formula is C25H21ClF7N3. The summed E-state index contributed by atoms with van der Waals surface area (Å²) in [4.78, 5) is 0. The molecule has 3 rings (SSSR count). The number of rotatable bonds is 5. The van der Waals surface area contributed by atoms with Crippen molar-refractivity contribution >= 4 is 17.2 Å². The Morgan fingerprint density at radius 1 is 1.03 bits per heavy atom. The summed E-state index contributed by atoms with van der Waals surface area (Å²) in [7, 11) is 0. The van der Waals surface area contributed by atoms with E-state index in [-0.39, 0.29) is 35.0 Å². The first-order valence-electron chi connectivity index (χ1n) is 10.7. The highest BCUT2D eigenvalue weighted by Crippen LogP contribution is 2.44. The lowest BCUT2D eigenvalue weighted by Crippen LogP contribution is -2.49. The molecule has 1 aliphatic heterocycles. The molecule has 2 aromatic carbocycles. The number of nitriles is 1. The molecule has 0 saturated heterocycles. The van der Waals surface area contributed by atoms with Gasteiger partial charge >= 0.3 is 12.4 Å². The van der Waals surface area contributed by atoms with Gasteiger partial charge in [-0.3, -0.25) is 0 Å². The molecule has 0 aromatic heterocycles. The van der Waals surface area contributed by atoms with Crippen LogP contribution in [0, 0.1) is 30.0 Å². The van der Waals surface area contributed by atoms with Crippen molar-refractivity contribution in [1.82, 2.24) is 10.6 Å². The Morgan fingerprint density at radius 3 is 2.08 bits per heavy atom.